The fourth-order valence-electron chi connectivity index (χ4n) is 1.33. The number of aromatic amines is 1. The number of nitrogens with one attached hydrogen (secondary N) is 4. The van der Waals surface area contributed by atoms with Gasteiger partial charge in [0.1, 0.15) is 0 Å². The predicted molar refractivity (Wildman–Crippen MR) is 65.6 cm³/mol. The maximum absolute atomic E-state index is 7.07. The summed E-state index contributed by atoms with van der Waals surface area (Å²) >= 11 is 0. The number of rotatable bonds is 3. The molecular weight excluding hydrogens is 204 g/mol. The monoisotopic (exact) mass is 222 g/mol. The third kappa shape index (κ3) is 4.04. The summed E-state index contributed by atoms with van der Waals surface area (Å²) in [5, 5.41) is 12.7. The average Bonchev–Trinajstić information content (AvgIpc) is 2.62. The maximum Gasteiger partial charge on any atom is 0.197 e. The largest absolute Gasteiger partial charge is 0.370 e. The number of guanidine groups is 2. The summed E-state index contributed by atoms with van der Waals surface area (Å²) in [7, 11) is 1.64. The van der Waals surface area contributed by atoms with Gasteiger partial charge >= 0.3 is 0 Å². The molecular formula is C10H18N6. The number of H-pyrrole nitrogens is 1. The highest BCUT2D eigenvalue weighted by molar-refractivity contribution is 5.96. The Kier molecular flexibility index (Phi) is 4.38. The van der Waals surface area contributed by atoms with Crippen LogP contribution in [-0.4, -0.2) is 30.5 Å². The molecule has 0 spiro atoms. The molecule has 1 aromatic heterocycles. The second-order valence-electron chi connectivity index (χ2n) is 3.45. The highest BCUT2D eigenvalue weighted by Crippen LogP contribution is 1.99. The van der Waals surface area contributed by atoms with Gasteiger partial charge in [-0.25, -0.2) is 0 Å². The van der Waals surface area contributed by atoms with Gasteiger partial charge in [-0.15, -0.1) is 0 Å². The lowest BCUT2D eigenvalue weighted by molar-refractivity contribution is 0.827. The van der Waals surface area contributed by atoms with Gasteiger partial charge in [-0.05, 0) is 19.1 Å². The molecule has 0 aliphatic carbocycles. The highest BCUT2D eigenvalue weighted by Gasteiger charge is 1.99. The lowest BCUT2D eigenvalue weighted by atomic mass is 10.3. The maximum atomic E-state index is 7.07. The number of hydrogen-bond donors (Lipinski definition) is 5. The Morgan fingerprint density at radius 1 is 1.56 bits per heavy atom. The molecule has 0 fully saturated rings. The Morgan fingerprint density at radius 3 is 2.81 bits per heavy atom. The van der Waals surface area contributed by atoms with E-state index in [-0.39, 0.29) is 5.96 Å². The van der Waals surface area contributed by atoms with Crippen molar-refractivity contribution in [2.75, 3.05) is 13.6 Å². The second kappa shape index (κ2) is 5.79. The molecule has 16 heavy (non-hydrogen) atoms. The minimum absolute atomic E-state index is 0.121. The topological polar surface area (TPSA) is 102 Å². The first-order valence-corrected chi connectivity index (χ1v) is 5.08. The van der Waals surface area contributed by atoms with Crippen LogP contribution in [0.4, 0.5) is 0 Å². The Morgan fingerprint density at radius 2 is 2.31 bits per heavy atom. The number of aliphatic imine (C=N–C) groups is 1. The quantitative estimate of drug-likeness (QED) is 0.365. The molecule has 0 bridgehead atoms. The Hall–Kier alpha value is -1.98. The van der Waals surface area contributed by atoms with Gasteiger partial charge in [-0.3, -0.25) is 15.7 Å². The Balaban J connectivity index is 2.31. The van der Waals surface area contributed by atoms with Gasteiger partial charge in [0.25, 0.3) is 0 Å². The fraction of sp³-hybridized carbons (Fsp3) is 0.400. The molecule has 1 rings (SSSR count). The molecule has 6 nitrogen and oxygen atoms in total. The third-order valence-corrected chi connectivity index (χ3v) is 2.06. The van der Waals surface area contributed by atoms with Gasteiger partial charge in [0.15, 0.2) is 11.9 Å². The molecule has 6 N–H and O–H groups in total. The smallest absolute Gasteiger partial charge is 0.197 e. The van der Waals surface area contributed by atoms with Crippen LogP contribution in [0.2, 0.25) is 0 Å². The number of nitrogens with zero attached hydrogens (tertiary/aromatic N) is 1. The van der Waals surface area contributed by atoms with Crippen molar-refractivity contribution in [1.29, 1.82) is 5.41 Å². The summed E-state index contributed by atoms with van der Waals surface area (Å²) < 4.78 is 0. The second-order valence-corrected chi connectivity index (χ2v) is 3.45. The SMILES string of the molecule is C/N=C(/NCCc1ccc(C)[nH]1)NC(=N)N. The molecule has 88 valence electrons. The molecule has 0 aromatic carbocycles. The molecule has 0 unspecified atom stereocenters. The summed E-state index contributed by atoms with van der Waals surface area (Å²) in [6.45, 7) is 2.75. The van der Waals surface area contributed by atoms with Gasteiger partial charge in [-0.2, -0.15) is 0 Å². The summed E-state index contributed by atoms with van der Waals surface area (Å²) in [6, 6.07) is 4.09. The van der Waals surface area contributed by atoms with Crippen molar-refractivity contribution in [2.24, 2.45) is 10.7 Å². The first-order chi connectivity index (χ1) is 7.61. The van der Waals surface area contributed by atoms with Gasteiger partial charge in [-0.1, -0.05) is 0 Å². The van der Waals surface area contributed by atoms with Crippen LogP contribution in [0.3, 0.4) is 0 Å². The summed E-state index contributed by atoms with van der Waals surface area (Å²) in [6.07, 6.45) is 0.868. The molecule has 1 aromatic rings. The van der Waals surface area contributed by atoms with E-state index in [1.807, 2.05) is 13.0 Å². The Bertz CT molecular complexity index is 378. The van der Waals surface area contributed by atoms with E-state index < -0.39 is 0 Å². The molecule has 6 heteroatoms. The zero-order valence-corrected chi connectivity index (χ0v) is 9.59. The zero-order valence-electron chi connectivity index (χ0n) is 9.59. The molecule has 0 saturated heterocycles. The van der Waals surface area contributed by atoms with Crippen molar-refractivity contribution >= 4 is 11.9 Å². The highest BCUT2D eigenvalue weighted by atomic mass is 15.2. The van der Waals surface area contributed by atoms with Crippen molar-refractivity contribution in [3.8, 4) is 0 Å². The van der Waals surface area contributed by atoms with Crippen LogP contribution in [-0.2, 0) is 6.42 Å². The van der Waals surface area contributed by atoms with E-state index in [0.29, 0.717) is 5.96 Å². The number of nitrogens with two attached hydrogens (primary N) is 1. The van der Waals surface area contributed by atoms with Gasteiger partial charge < -0.3 is 16.0 Å². The van der Waals surface area contributed by atoms with Crippen LogP contribution in [0.5, 0.6) is 0 Å². The predicted octanol–water partition coefficient (Wildman–Crippen LogP) is -0.0759. The standard InChI is InChI=1S/C10H18N6/c1-7-3-4-8(15-7)5-6-14-10(13-2)16-9(11)12/h3-4,15H,5-6H2,1-2H3,(H5,11,12,13,14,16). The molecule has 1 heterocycles. The number of aromatic nitrogens is 1. The molecule has 0 saturated carbocycles. The van der Waals surface area contributed by atoms with Crippen LogP contribution in [0.15, 0.2) is 17.1 Å². The first kappa shape index (κ1) is 12.1. The molecule has 0 aliphatic heterocycles. The third-order valence-electron chi connectivity index (χ3n) is 2.06. The van der Waals surface area contributed by atoms with E-state index in [4.69, 9.17) is 11.1 Å². The first-order valence-electron chi connectivity index (χ1n) is 5.08. The fourth-order valence-corrected chi connectivity index (χ4v) is 1.33. The Labute approximate surface area is 94.9 Å². The molecule has 0 radical (unpaired) electrons. The minimum Gasteiger partial charge on any atom is -0.370 e. The summed E-state index contributed by atoms with van der Waals surface area (Å²) in [5.74, 6) is 0.389. The average molecular weight is 222 g/mol. The van der Waals surface area contributed by atoms with E-state index in [1.165, 1.54) is 5.69 Å². The van der Waals surface area contributed by atoms with E-state index in [0.717, 1.165) is 18.7 Å². The summed E-state index contributed by atoms with van der Waals surface area (Å²) in [5.41, 5.74) is 7.52. The minimum atomic E-state index is -0.121. The lowest BCUT2D eigenvalue weighted by Gasteiger charge is -2.09. The number of aryl methyl sites for hydroxylation is 1. The van der Waals surface area contributed by atoms with Crippen LogP contribution in [0.25, 0.3) is 0 Å². The lowest BCUT2D eigenvalue weighted by Crippen LogP contribution is -2.44. The van der Waals surface area contributed by atoms with Gasteiger partial charge in [0, 0.05) is 31.4 Å². The zero-order chi connectivity index (χ0) is 12.0. The van der Waals surface area contributed by atoms with Crippen LogP contribution in [0.1, 0.15) is 11.4 Å². The van der Waals surface area contributed by atoms with Crippen molar-refractivity contribution in [1.82, 2.24) is 15.6 Å². The van der Waals surface area contributed by atoms with Crippen LogP contribution in [0, 0.1) is 12.3 Å². The van der Waals surface area contributed by atoms with Crippen molar-refractivity contribution in [3.63, 3.8) is 0 Å². The summed E-state index contributed by atoms with van der Waals surface area (Å²) in [4.78, 5) is 7.17. The van der Waals surface area contributed by atoms with E-state index in [1.54, 1.807) is 7.05 Å². The van der Waals surface area contributed by atoms with E-state index in [2.05, 4.69) is 26.7 Å². The van der Waals surface area contributed by atoms with Crippen molar-refractivity contribution < 1.29 is 0 Å². The van der Waals surface area contributed by atoms with Crippen molar-refractivity contribution in [3.05, 3.63) is 23.5 Å². The van der Waals surface area contributed by atoms with E-state index >= 15 is 0 Å². The van der Waals surface area contributed by atoms with Gasteiger partial charge in [0.2, 0.25) is 0 Å². The molecule has 0 atom stereocenters. The normalized spacial score (nSPS) is 11.2. The van der Waals surface area contributed by atoms with Crippen LogP contribution >= 0.6 is 0 Å². The molecule has 0 aliphatic rings. The number of hydrogen-bond acceptors (Lipinski definition) is 2. The van der Waals surface area contributed by atoms with Crippen molar-refractivity contribution in [2.45, 2.75) is 13.3 Å². The van der Waals surface area contributed by atoms with E-state index in [9.17, 15) is 0 Å². The van der Waals surface area contributed by atoms with Crippen LogP contribution < -0.4 is 16.4 Å². The van der Waals surface area contributed by atoms with Gasteiger partial charge in [0.05, 0.1) is 0 Å². The molecule has 0 amide bonds.